The SMILES string of the molecule is C#CC(O)Cc1ncc(-c2ccc3cc(C)c(F)cc3c2)cn1. The summed E-state index contributed by atoms with van der Waals surface area (Å²) in [5, 5.41) is 11.2. The summed E-state index contributed by atoms with van der Waals surface area (Å²) in [5.41, 5.74) is 2.36. The molecule has 1 aromatic heterocycles. The van der Waals surface area contributed by atoms with Crippen LogP contribution in [0, 0.1) is 25.1 Å². The van der Waals surface area contributed by atoms with Gasteiger partial charge < -0.3 is 5.11 Å². The minimum atomic E-state index is -0.882. The van der Waals surface area contributed by atoms with Crippen LogP contribution in [0.15, 0.2) is 42.7 Å². The van der Waals surface area contributed by atoms with Gasteiger partial charge in [-0.3, -0.25) is 0 Å². The Morgan fingerprint density at radius 2 is 1.87 bits per heavy atom. The average molecular weight is 306 g/mol. The topological polar surface area (TPSA) is 46.0 Å². The zero-order valence-corrected chi connectivity index (χ0v) is 12.6. The molecule has 114 valence electrons. The summed E-state index contributed by atoms with van der Waals surface area (Å²) in [7, 11) is 0. The Labute approximate surface area is 133 Å². The maximum Gasteiger partial charge on any atom is 0.131 e. The molecule has 0 saturated heterocycles. The molecule has 23 heavy (non-hydrogen) atoms. The van der Waals surface area contributed by atoms with Gasteiger partial charge >= 0.3 is 0 Å². The summed E-state index contributed by atoms with van der Waals surface area (Å²) < 4.78 is 13.7. The molecule has 1 atom stereocenters. The number of hydrogen-bond donors (Lipinski definition) is 1. The van der Waals surface area contributed by atoms with E-state index in [0.717, 1.165) is 21.9 Å². The normalized spacial score (nSPS) is 12.1. The molecule has 1 unspecified atom stereocenters. The van der Waals surface area contributed by atoms with Crippen LogP contribution in [0.2, 0.25) is 0 Å². The predicted molar refractivity (Wildman–Crippen MR) is 88.2 cm³/mol. The summed E-state index contributed by atoms with van der Waals surface area (Å²) in [6.45, 7) is 1.75. The molecule has 0 amide bonds. The molecule has 1 N–H and O–H groups in total. The fourth-order valence-electron chi connectivity index (χ4n) is 2.40. The van der Waals surface area contributed by atoms with Gasteiger partial charge in [0, 0.05) is 24.4 Å². The van der Waals surface area contributed by atoms with Gasteiger partial charge in [0.2, 0.25) is 0 Å². The van der Waals surface area contributed by atoms with Crippen LogP contribution in [0.1, 0.15) is 11.4 Å². The number of benzene rings is 2. The van der Waals surface area contributed by atoms with Crippen molar-refractivity contribution in [2.45, 2.75) is 19.4 Å². The Bertz CT molecular complexity index is 898. The van der Waals surface area contributed by atoms with E-state index in [4.69, 9.17) is 6.42 Å². The molecule has 0 fully saturated rings. The maximum absolute atomic E-state index is 13.7. The number of aliphatic hydroxyl groups is 1. The Morgan fingerprint density at radius 3 is 2.57 bits per heavy atom. The molecule has 3 nitrogen and oxygen atoms in total. The number of terminal acetylenes is 1. The highest BCUT2D eigenvalue weighted by Crippen LogP contribution is 2.25. The van der Waals surface area contributed by atoms with Gasteiger partial charge in [0.05, 0.1) is 0 Å². The van der Waals surface area contributed by atoms with Crippen LogP contribution in [0.3, 0.4) is 0 Å². The molecular weight excluding hydrogens is 291 g/mol. The Hall–Kier alpha value is -2.77. The van der Waals surface area contributed by atoms with Gasteiger partial charge in [0.25, 0.3) is 0 Å². The Morgan fingerprint density at radius 1 is 1.13 bits per heavy atom. The number of rotatable bonds is 3. The number of halogens is 1. The van der Waals surface area contributed by atoms with Gasteiger partial charge in [-0.05, 0) is 47.0 Å². The predicted octanol–water partition coefficient (Wildman–Crippen LogP) is 3.28. The van der Waals surface area contributed by atoms with Gasteiger partial charge in [-0.2, -0.15) is 0 Å². The van der Waals surface area contributed by atoms with E-state index in [-0.39, 0.29) is 12.2 Å². The lowest BCUT2D eigenvalue weighted by Gasteiger charge is -2.07. The van der Waals surface area contributed by atoms with Crippen molar-refractivity contribution in [1.29, 1.82) is 0 Å². The molecule has 0 aliphatic heterocycles. The molecule has 0 aliphatic carbocycles. The lowest BCUT2D eigenvalue weighted by Crippen LogP contribution is -2.09. The number of aryl methyl sites for hydroxylation is 1. The highest BCUT2D eigenvalue weighted by molar-refractivity contribution is 5.87. The van der Waals surface area contributed by atoms with Crippen LogP contribution < -0.4 is 0 Å². The Kier molecular flexibility index (Phi) is 4.05. The summed E-state index contributed by atoms with van der Waals surface area (Å²) >= 11 is 0. The molecule has 0 aliphatic rings. The van der Waals surface area contributed by atoms with E-state index >= 15 is 0 Å². The fourth-order valence-corrected chi connectivity index (χ4v) is 2.40. The molecule has 1 heterocycles. The molecule has 0 saturated carbocycles. The third kappa shape index (κ3) is 3.20. The van der Waals surface area contributed by atoms with Crippen LogP contribution >= 0.6 is 0 Å². The smallest absolute Gasteiger partial charge is 0.131 e. The van der Waals surface area contributed by atoms with E-state index in [0.29, 0.717) is 11.4 Å². The maximum atomic E-state index is 13.7. The van der Waals surface area contributed by atoms with Crippen LogP contribution in [0.4, 0.5) is 4.39 Å². The number of aliphatic hydroxyl groups excluding tert-OH is 1. The van der Waals surface area contributed by atoms with Crippen molar-refractivity contribution in [2.75, 3.05) is 0 Å². The minimum Gasteiger partial charge on any atom is -0.380 e. The first-order valence-electron chi connectivity index (χ1n) is 7.22. The summed E-state index contributed by atoms with van der Waals surface area (Å²) in [6.07, 6.45) is 7.83. The van der Waals surface area contributed by atoms with E-state index in [2.05, 4.69) is 15.9 Å². The first-order valence-corrected chi connectivity index (χ1v) is 7.22. The van der Waals surface area contributed by atoms with E-state index < -0.39 is 6.10 Å². The van der Waals surface area contributed by atoms with Crippen molar-refractivity contribution >= 4 is 10.8 Å². The summed E-state index contributed by atoms with van der Waals surface area (Å²) in [6, 6.07) is 9.18. The number of aromatic nitrogens is 2. The van der Waals surface area contributed by atoms with Gasteiger partial charge in [-0.25, -0.2) is 14.4 Å². The zero-order valence-electron chi connectivity index (χ0n) is 12.6. The second-order valence-electron chi connectivity index (χ2n) is 5.44. The summed E-state index contributed by atoms with van der Waals surface area (Å²) in [5.74, 6) is 2.50. The third-order valence-electron chi connectivity index (χ3n) is 3.72. The van der Waals surface area contributed by atoms with Crippen molar-refractivity contribution in [3.05, 3.63) is 59.9 Å². The van der Waals surface area contributed by atoms with Crippen molar-refractivity contribution in [1.82, 2.24) is 9.97 Å². The van der Waals surface area contributed by atoms with Crippen molar-refractivity contribution < 1.29 is 9.50 Å². The lowest BCUT2D eigenvalue weighted by atomic mass is 10.0. The molecule has 0 bridgehead atoms. The van der Waals surface area contributed by atoms with Gasteiger partial charge in [-0.15, -0.1) is 6.42 Å². The van der Waals surface area contributed by atoms with Gasteiger partial charge in [0.15, 0.2) is 0 Å². The van der Waals surface area contributed by atoms with E-state index in [1.54, 1.807) is 19.3 Å². The molecule has 0 spiro atoms. The van der Waals surface area contributed by atoms with Crippen LogP contribution in [0.25, 0.3) is 21.9 Å². The molecule has 0 radical (unpaired) electrons. The quantitative estimate of drug-likeness (QED) is 0.755. The minimum absolute atomic E-state index is 0.218. The molecular formula is C19H15FN2O. The van der Waals surface area contributed by atoms with E-state index in [1.165, 1.54) is 6.07 Å². The van der Waals surface area contributed by atoms with Crippen molar-refractivity contribution in [3.63, 3.8) is 0 Å². The number of nitrogens with zero attached hydrogens (tertiary/aromatic N) is 2. The van der Waals surface area contributed by atoms with Crippen molar-refractivity contribution in [3.8, 4) is 23.5 Å². The second-order valence-corrected chi connectivity index (χ2v) is 5.44. The number of fused-ring (bicyclic) bond motifs is 1. The standard InChI is InChI=1S/C19H15FN2O/c1-3-17(23)9-19-21-10-16(11-22-19)14-5-4-13-6-12(2)18(20)8-15(13)7-14/h1,4-8,10-11,17,23H,9H2,2H3. The average Bonchev–Trinajstić information content (AvgIpc) is 2.56. The monoisotopic (exact) mass is 306 g/mol. The lowest BCUT2D eigenvalue weighted by molar-refractivity contribution is 0.230. The number of hydrogen-bond acceptors (Lipinski definition) is 3. The highest BCUT2D eigenvalue weighted by atomic mass is 19.1. The van der Waals surface area contributed by atoms with E-state index in [9.17, 15) is 9.50 Å². The first-order chi connectivity index (χ1) is 11.1. The fraction of sp³-hybridized carbons (Fsp3) is 0.158. The highest BCUT2D eigenvalue weighted by Gasteiger charge is 2.07. The van der Waals surface area contributed by atoms with E-state index in [1.807, 2.05) is 24.3 Å². The molecule has 3 rings (SSSR count). The molecule has 3 aromatic rings. The van der Waals surface area contributed by atoms with Crippen LogP contribution in [-0.2, 0) is 6.42 Å². The third-order valence-corrected chi connectivity index (χ3v) is 3.72. The molecule has 2 aromatic carbocycles. The van der Waals surface area contributed by atoms with Crippen LogP contribution in [-0.4, -0.2) is 21.2 Å². The first kappa shape index (κ1) is 15.1. The zero-order chi connectivity index (χ0) is 16.4. The molecule has 4 heteroatoms. The largest absolute Gasteiger partial charge is 0.380 e. The summed E-state index contributed by atoms with van der Waals surface area (Å²) in [4.78, 5) is 8.43. The van der Waals surface area contributed by atoms with Crippen molar-refractivity contribution in [2.24, 2.45) is 0 Å². The van der Waals surface area contributed by atoms with Crippen LogP contribution in [0.5, 0.6) is 0 Å². The van der Waals surface area contributed by atoms with Gasteiger partial charge in [-0.1, -0.05) is 18.1 Å². The van der Waals surface area contributed by atoms with Gasteiger partial charge in [0.1, 0.15) is 17.7 Å². The Balaban J connectivity index is 1.94. The second kappa shape index (κ2) is 6.15.